The molecule has 96 valence electrons. The smallest absolute Gasteiger partial charge is 0.0343 e. The normalized spacial score (nSPS) is 26.3. The predicted octanol–water partition coefficient (Wildman–Crippen LogP) is 3.47. The first kappa shape index (κ1) is 13.5. The first-order valence-corrected chi connectivity index (χ1v) is 8.07. The van der Waals surface area contributed by atoms with E-state index in [0.29, 0.717) is 12.1 Å². The Morgan fingerprint density at radius 3 is 3.06 bits per heavy atom. The molecule has 0 bridgehead atoms. The van der Waals surface area contributed by atoms with Crippen LogP contribution in [-0.4, -0.2) is 30.1 Å². The number of piperazine rings is 1. The molecule has 1 aliphatic rings. The second-order valence-corrected chi connectivity index (χ2v) is 6.73. The van der Waals surface area contributed by atoms with E-state index in [2.05, 4.69) is 51.4 Å². The first-order chi connectivity index (χ1) is 8.20. The molecule has 0 amide bonds. The van der Waals surface area contributed by atoms with E-state index in [-0.39, 0.29) is 0 Å². The number of thiophene rings is 1. The minimum absolute atomic E-state index is 0.613. The fourth-order valence-corrected chi connectivity index (χ4v) is 3.97. The van der Waals surface area contributed by atoms with E-state index in [4.69, 9.17) is 0 Å². The molecule has 0 spiro atoms. The molecule has 0 aromatic carbocycles. The van der Waals surface area contributed by atoms with Crippen molar-refractivity contribution in [3.63, 3.8) is 0 Å². The summed E-state index contributed by atoms with van der Waals surface area (Å²) in [6, 6.07) is 3.47. The van der Waals surface area contributed by atoms with Crippen LogP contribution in [0.3, 0.4) is 0 Å². The first-order valence-electron chi connectivity index (χ1n) is 6.40. The third-order valence-corrected chi connectivity index (χ3v) is 5.30. The highest BCUT2D eigenvalue weighted by Gasteiger charge is 2.25. The highest BCUT2D eigenvalue weighted by molar-refractivity contribution is 9.10. The Kier molecular flexibility index (Phi) is 5.03. The van der Waals surface area contributed by atoms with E-state index in [1.807, 2.05) is 11.3 Å². The molecule has 1 fully saturated rings. The minimum atomic E-state index is 0.613. The quantitative estimate of drug-likeness (QED) is 0.915. The van der Waals surface area contributed by atoms with Gasteiger partial charge in [-0.3, -0.25) is 4.90 Å². The Balaban J connectivity index is 2.02. The van der Waals surface area contributed by atoms with Crippen molar-refractivity contribution < 1.29 is 0 Å². The second kappa shape index (κ2) is 6.32. The van der Waals surface area contributed by atoms with E-state index in [9.17, 15) is 0 Å². The fraction of sp³-hybridized carbons (Fsp3) is 0.692. The molecule has 1 aromatic heterocycles. The Morgan fingerprint density at radius 1 is 1.59 bits per heavy atom. The summed E-state index contributed by atoms with van der Waals surface area (Å²) < 4.78 is 1.27. The van der Waals surface area contributed by atoms with E-state index in [0.717, 1.165) is 19.6 Å². The van der Waals surface area contributed by atoms with Gasteiger partial charge in [0.05, 0.1) is 0 Å². The lowest BCUT2D eigenvalue weighted by Gasteiger charge is -2.39. The maximum absolute atomic E-state index is 3.64. The topological polar surface area (TPSA) is 15.3 Å². The van der Waals surface area contributed by atoms with Crippen LogP contribution < -0.4 is 5.32 Å². The van der Waals surface area contributed by atoms with Crippen molar-refractivity contribution in [1.29, 1.82) is 0 Å². The maximum Gasteiger partial charge on any atom is 0.0343 e. The number of halogens is 1. The van der Waals surface area contributed by atoms with Crippen LogP contribution >= 0.6 is 27.3 Å². The van der Waals surface area contributed by atoms with E-state index in [1.54, 1.807) is 0 Å². The average molecular weight is 317 g/mol. The van der Waals surface area contributed by atoms with Crippen LogP contribution in [0.1, 0.15) is 31.6 Å². The van der Waals surface area contributed by atoms with E-state index >= 15 is 0 Å². The second-order valence-electron chi connectivity index (χ2n) is 4.87. The van der Waals surface area contributed by atoms with Gasteiger partial charge < -0.3 is 5.32 Å². The third kappa shape index (κ3) is 3.53. The van der Waals surface area contributed by atoms with Gasteiger partial charge in [-0.2, -0.15) is 0 Å². The highest BCUT2D eigenvalue weighted by Crippen LogP contribution is 2.26. The lowest BCUT2D eigenvalue weighted by atomic mass is 10.1. The Morgan fingerprint density at radius 2 is 2.41 bits per heavy atom. The van der Waals surface area contributed by atoms with Gasteiger partial charge in [-0.15, -0.1) is 11.3 Å². The largest absolute Gasteiger partial charge is 0.311 e. The molecule has 2 nitrogen and oxygen atoms in total. The summed E-state index contributed by atoms with van der Waals surface area (Å²) in [6.07, 6.45) is 2.56. The molecule has 1 saturated heterocycles. The number of hydrogen-bond donors (Lipinski definition) is 1. The van der Waals surface area contributed by atoms with Gasteiger partial charge in [0.15, 0.2) is 0 Å². The zero-order chi connectivity index (χ0) is 12.3. The molecule has 2 unspecified atom stereocenters. The summed E-state index contributed by atoms with van der Waals surface area (Å²) in [7, 11) is 0. The lowest BCUT2D eigenvalue weighted by molar-refractivity contribution is 0.121. The van der Waals surface area contributed by atoms with Gasteiger partial charge in [-0.1, -0.05) is 13.3 Å². The Bertz CT molecular complexity index is 353. The zero-order valence-corrected chi connectivity index (χ0v) is 13.0. The lowest BCUT2D eigenvalue weighted by Crippen LogP contribution is -2.54. The number of hydrogen-bond acceptors (Lipinski definition) is 3. The molecule has 1 aromatic rings. The number of nitrogens with one attached hydrogen (secondary N) is 1. The summed E-state index contributed by atoms with van der Waals surface area (Å²) in [5.41, 5.74) is 0. The summed E-state index contributed by atoms with van der Waals surface area (Å²) >= 11 is 5.49. The predicted molar refractivity (Wildman–Crippen MR) is 78.6 cm³/mol. The summed E-state index contributed by atoms with van der Waals surface area (Å²) in [4.78, 5) is 4.10. The molecule has 2 heterocycles. The van der Waals surface area contributed by atoms with Crippen LogP contribution in [0.2, 0.25) is 0 Å². The SMILES string of the molecule is CCCC1CNC(C)CN1Cc1sccc1Br. The van der Waals surface area contributed by atoms with Gasteiger partial charge >= 0.3 is 0 Å². The fourth-order valence-electron chi connectivity index (χ4n) is 2.47. The number of nitrogens with zero attached hydrogens (tertiary/aromatic N) is 1. The van der Waals surface area contributed by atoms with E-state index < -0.39 is 0 Å². The van der Waals surface area contributed by atoms with Crippen LogP contribution in [0.15, 0.2) is 15.9 Å². The molecular formula is C13H21BrN2S. The molecule has 0 saturated carbocycles. The van der Waals surface area contributed by atoms with Crippen LogP contribution in [0, 0.1) is 0 Å². The van der Waals surface area contributed by atoms with Crippen molar-refractivity contribution >= 4 is 27.3 Å². The van der Waals surface area contributed by atoms with Crippen molar-refractivity contribution in [2.45, 2.75) is 45.3 Å². The van der Waals surface area contributed by atoms with Gasteiger partial charge in [0.25, 0.3) is 0 Å². The van der Waals surface area contributed by atoms with Crippen molar-refractivity contribution in [1.82, 2.24) is 10.2 Å². The summed E-state index contributed by atoms with van der Waals surface area (Å²) in [6.45, 7) is 7.94. The summed E-state index contributed by atoms with van der Waals surface area (Å²) in [5, 5.41) is 5.76. The Labute approximate surface area is 117 Å². The van der Waals surface area contributed by atoms with Gasteiger partial charge in [0, 0.05) is 41.1 Å². The molecule has 2 rings (SSSR count). The van der Waals surface area contributed by atoms with Crippen molar-refractivity contribution in [3.05, 3.63) is 20.8 Å². The van der Waals surface area contributed by atoms with Gasteiger partial charge in [0.1, 0.15) is 0 Å². The molecular weight excluding hydrogens is 296 g/mol. The zero-order valence-electron chi connectivity index (χ0n) is 10.6. The van der Waals surface area contributed by atoms with Gasteiger partial charge in [-0.05, 0) is 40.7 Å². The summed E-state index contributed by atoms with van der Waals surface area (Å²) in [5.74, 6) is 0. The van der Waals surface area contributed by atoms with Crippen molar-refractivity contribution in [2.24, 2.45) is 0 Å². The monoisotopic (exact) mass is 316 g/mol. The standard InChI is InChI=1S/C13H21BrN2S/c1-3-4-11-7-15-10(2)8-16(11)9-13-12(14)5-6-17-13/h5-6,10-11,15H,3-4,7-9H2,1-2H3. The van der Waals surface area contributed by atoms with E-state index in [1.165, 1.54) is 22.2 Å². The van der Waals surface area contributed by atoms with Crippen LogP contribution in [0.5, 0.6) is 0 Å². The van der Waals surface area contributed by atoms with Crippen molar-refractivity contribution in [3.8, 4) is 0 Å². The molecule has 4 heteroatoms. The molecule has 0 radical (unpaired) electrons. The number of rotatable bonds is 4. The molecule has 1 aliphatic heterocycles. The minimum Gasteiger partial charge on any atom is -0.311 e. The molecule has 17 heavy (non-hydrogen) atoms. The molecule has 2 atom stereocenters. The van der Waals surface area contributed by atoms with Crippen LogP contribution in [-0.2, 0) is 6.54 Å². The molecule has 0 aliphatic carbocycles. The van der Waals surface area contributed by atoms with Gasteiger partial charge in [0.2, 0.25) is 0 Å². The average Bonchev–Trinajstić information content (AvgIpc) is 2.69. The molecule has 1 N–H and O–H groups in total. The van der Waals surface area contributed by atoms with Gasteiger partial charge in [-0.25, -0.2) is 0 Å². The van der Waals surface area contributed by atoms with Crippen LogP contribution in [0.25, 0.3) is 0 Å². The maximum atomic E-state index is 3.64. The Hall–Kier alpha value is 0.100. The third-order valence-electron chi connectivity index (χ3n) is 3.39. The highest BCUT2D eigenvalue weighted by atomic mass is 79.9. The van der Waals surface area contributed by atoms with Crippen LogP contribution in [0.4, 0.5) is 0 Å². The van der Waals surface area contributed by atoms with Crippen molar-refractivity contribution in [2.75, 3.05) is 13.1 Å².